The molecular weight excluding hydrogens is 270 g/mol. The number of halogens is 1. The Kier molecular flexibility index (Phi) is 3.75. The fourth-order valence-electron chi connectivity index (χ4n) is 1.53. The van der Waals surface area contributed by atoms with Crippen LogP contribution in [0.4, 0.5) is 5.69 Å². The molecule has 0 aliphatic heterocycles. The number of nitrogens with zero attached hydrogens (tertiary/aromatic N) is 4. The highest BCUT2D eigenvalue weighted by Gasteiger charge is 2.06. The van der Waals surface area contributed by atoms with Crippen molar-refractivity contribution in [3.63, 3.8) is 0 Å². The Balaban J connectivity index is 2.50. The molecule has 1 aromatic carbocycles. The van der Waals surface area contributed by atoms with E-state index in [-0.39, 0.29) is 0 Å². The van der Waals surface area contributed by atoms with Gasteiger partial charge in [0.05, 0.1) is 16.2 Å². The van der Waals surface area contributed by atoms with Gasteiger partial charge in [-0.05, 0) is 18.4 Å². The number of nitrogens with one attached hydrogen (secondary N) is 1. The van der Waals surface area contributed by atoms with Crippen molar-refractivity contribution in [3.05, 3.63) is 23.4 Å². The van der Waals surface area contributed by atoms with Crippen molar-refractivity contribution in [2.24, 2.45) is 12.0 Å². The van der Waals surface area contributed by atoms with Gasteiger partial charge < -0.3 is 0 Å². The van der Waals surface area contributed by atoms with E-state index in [1.54, 1.807) is 10.7 Å². The summed E-state index contributed by atoms with van der Waals surface area (Å²) in [5.41, 5.74) is 1.43. The predicted octanol–water partition coefficient (Wildman–Crippen LogP) is 2.65. The molecule has 92 valence electrons. The molecule has 0 saturated carbocycles. The SMILES string of the molecule is CSC(=Nc1cc2cn(C)nc2cc1Cl)NC#N. The van der Waals surface area contributed by atoms with Gasteiger partial charge in [0.25, 0.3) is 0 Å². The number of aromatic nitrogens is 2. The Morgan fingerprint density at radius 1 is 1.61 bits per heavy atom. The molecule has 0 aliphatic carbocycles. The number of aryl methyl sites for hydroxylation is 1. The number of amidine groups is 1. The van der Waals surface area contributed by atoms with Crippen molar-refractivity contribution in [3.8, 4) is 6.19 Å². The summed E-state index contributed by atoms with van der Waals surface area (Å²) in [5, 5.41) is 17.3. The molecule has 2 rings (SSSR count). The van der Waals surface area contributed by atoms with Crippen molar-refractivity contribution < 1.29 is 0 Å². The second kappa shape index (κ2) is 5.29. The lowest BCUT2D eigenvalue weighted by Crippen LogP contribution is -2.12. The number of rotatable bonds is 1. The third kappa shape index (κ3) is 2.58. The molecule has 0 spiro atoms. The number of thioether (sulfide) groups is 1. The molecule has 0 aliphatic rings. The lowest BCUT2D eigenvalue weighted by molar-refractivity contribution is 0.780. The standard InChI is InChI=1S/C11H10ClN5S/c1-17-5-7-3-10(8(12)4-9(7)16-17)15-11(18-2)14-6-13/h3-5H,1-2H3,(H,14,15). The van der Waals surface area contributed by atoms with Crippen LogP contribution in [0.2, 0.25) is 5.02 Å². The average Bonchev–Trinajstić information content (AvgIpc) is 2.68. The van der Waals surface area contributed by atoms with Crippen LogP contribution in [-0.2, 0) is 7.05 Å². The summed E-state index contributed by atoms with van der Waals surface area (Å²) < 4.78 is 1.72. The summed E-state index contributed by atoms with van der Waals surface area (Å²) in [4.78, 5) is 4.30. The van der Waals surface area contributed by atoms with Crippen molar-refractivity contribution in [1.82, 2.24) is 15.1 Å². The number of aliphatic imine (C=N–C) groups is 1. The van der Waals surface area contributed by atoms with Gasteiger partial charge in [0.15, 0.2) is 11.4 Å². The minimum absolute atomic E-state index is 0.502. The van der Waals surface area contributed by atoms with E-state index in [9.17, 15) is 0 Å². The molecule has 0 unspecified atom stereocenters. The van der Waals surface area contributed by atoms with E-state index in [1.165, 1.54) is 11.8 Å². The van der Waals surface area contributed by atoms with E-state index in [2.05, 4.69) is 15.4 Å². The van der Waals surface area contributed by atoms with Gasteiger partial charge in [0, 0.05) is 18.6 Å². The first-order valence-corrected chi connectivity index (χ1v) is 6.65. The van der Waals surface area contributed by atoms with E-state index < -0.39 is 0 Å². The zero-order valence-corrected chi connectivity index (χ0v) is 11.4. The Morgan fingerprint density at radius 3 is 3.06 bits per heavy atom. The maximum atomic E-state index is 8.59. The minimum Gasteiger partial charge on any atom is -0.275 e. The minimum atomic E-state index is 0.502. The highest BCUT2D eigenvalue weighted by Crippen LogP contribution is 2.30. The molecule has 1 aromatic heterocycles. The Labute approximate surface area is 113 Å². The van der Waals surface area contributed by atoms with Crippen LogP contribution in [0.1, 0.15) is 0 Å². The Bertz CT molecular complexity index is 655. The molecule has 1 N–H and O–H groups in total. The van der Waals surface area contributed by atoms with Gasteiger partial charge >= 0.3 is 0 Å². The van der Waals surface area contributed by atoms with Crippen LogP contribution in [0, 0.1) is 11.5 Å². The molecular formula is C11H10ClN5S. The summed E-state index contributed by atoms with van der Waals surface area (Å²) in [6.45, 7) is 0. The van der Waals surface area contributed by atoms with E-state index >= 15 is 0 Å². The second-order valence-electron chi connectivity index (χ2n) is 3.52. The van der Waals surface area contributed by atoms with Crippen LogP contribution < -0.4 is 5.32 Å². The molecule has 0 radical (unpaired) electrons. The zero-order chi connectivity index (χ0) is 13.1. The van der Waals surface area contributed by atoms with Crippen LogP contribution >= 0.6 is 23.4 Å². The van der Waals surface area contributed by atoms with Gasteiger partial charge in [-0.25, -0.2) is 4.99 Å². The van der Waals surface area contributed by atoms with E-state index in [4.69, 9.17) is 16.9 Å². The first-order chi connectivity index (χ1) is 8.63. The highest BCUT2D eigenvalue weighted by molar-refractivity contribution is 8.13. The molecule has 0 fully saturated rings. The number of fused-ring (bicyclic) bond motifs is 1. The summed E-state index contributed by atoms with van der Waals surface area (Å²) >= 11 is 7.48. The Hall–Kier alpha value is -1.71. The maximum absolute atomic E-state index is 8.59. The van der Waals surface area contributed by atoms with Crippen LogP contribution in [0.15, 0.2) is 23.3 Å². The van der Waals surface area contributed by atoms with Gasteiger partial charge in [0.2, 0.25) is 0 Å². The molecule has 0 atom stereocenters. The first-order valence-electron chi connectivity index (χ1n) is 5.04. The summed E-state index contributed by atoms with van der Waals surface area (Å²) in [5.74, 6) is 0. The zero-order valence-electron chi connectivity index (χ0n) is 9.81. The third-order valence-electron chi connectivity index (χ3n) is 2.27. The van der Waals surface area contributed by atoms with Gasteiger partial charge in [0.1, 0.15) is 0 Å². The smallest absolute Gasteiger partial charge is 0.183 e. The highest BCUT2D eigenvalue weighted by atomic mass is 35.5. The molecule has 1 heterocycles. The predicted molar refractivity (Wildman–Crippen MR) is 75.1 cm³/mol. The van der Waals surface area contributed by atoms with E-state index in [1.807, 2.05) is 31.8 Å². The first kappa shape index (κ1) is 12.7. The molecule has 7 heteroatoms. The molecule has 0 bridgehead atoms. The van der Waals surface area contributed by atoms with Crippen molar-refractivity contribution >= 4 is 45.1 Å². The number of nitriles is 1. The van der Waals surface area contributed by atoms with Crippen LogP contribution in [0.25, 0.3) is 10.9 Å². The maximum Gasteiger partial charge on any atom is 0.183 e. The third-order valence-corrected chi connectivity index (χ3v) is 3.15. The Morgan fingerprint density at radius 2 is 2.39 bits per heavy atom. The van der Waals surface area contributed by atoms with Crippen molar-refractivity contribution in [1.29, 1.82) is 5.26 Å². The van der Waals surface area contributed by atoms with E-state index in [0.29, 0.717) is 15.9 Å². The monoisotopic (exact) mass is 279 g/mol. The van der Waals surface area contributed by atoms with Gasteiger partial charge in [-0.3, -0.25) is 10.00 Å². The fourth-order valence-corrected chi connectivity index (χ4v) is 2.06. The number of hydrogen-bond acceptors (Lipinski definition) is 4. The summed E-state index contributed by atoms with van der Waals surface area (Å²) in [7, 11) is 1.85. The fraction of sp³-hybridized carbons (Fsp3) is 0.182. The normalized spacial score (nSPS) is 11.6. The van der Waals surface area contributed by atoms with Crippen LogP contribution in [0.5, 0.6) is 0 Å². The lowest BCUT2D eigenvalue weighted by Gasteiger charge is -2.01. The second-order valence-corrected chi connectivity index (χ2v) is 4.73. The number of hydrogen-bond donors (Lipinski definition) is 1. The van der Waals surface area contributed by atoms with Gasteiger partial charge in [-0.2, -0.15) is 10.4 Å². The largest absolute Gasteiger partial charge is 0.275 e. The summed E-state index contributed by atoms with van der Waals surface area (Å²) in [6.07, 6.45) is 5.56. The molecule has 5 nitrogen and oxygen atoms in total. The van der Waals surface area contributed by atoms with Crippen LogP contribution in [-0.4, -0.2) is 21.2 Å². The van der Waals surface area contributed by atoms with Crippen molar-refractivity contribution in [2.75, 3.05) is 6.26 Å². The molecule has 0 amide bonds. The van der Waals surface area contributed by atoms with Crippen LogP contribution in [0.3, 0.4) is 0 Å². The molecule has 18 heavy (non-hydrogen) atoms. The summed E-state index contributed by atoms with van der Waals surface area (Å²) in [6, 6.07) is 3.61. The van der Waals surface area contributed by atoms with Crippen molar-refractivity contribution in [2.45, 2.75) is 0 Å². The average molecular weight is 280 g/mol. The molecule has 0 saturated heterocycles. The van der Waals surface area contributed by atoms with E-state index in [0.717, 1.165) is 10.9 Å². The topological polar surface area (TPSA) is 66.0 Å². The number of benzene rings is 1. The van der Waals surface area contributed by atoms with Gasteiger partial charge in [-0.1, -0.05) is 23.4 Å². The van der Waals surface area contributed by atoms with Gasteiger partial charge in [-0.15, -0.1) is 0 Å². The lowest BCUT2D eigenvalue weighted by atomic mass is 10.2. The quantitative estimate of drug-likeness (QED) is 0.377. The molecule has 2 aromatic rings.